The quantitative estimate of drug-likeness (QED) is 0.819. The number of ether oxygens (including phenoxy) is 1. The molecule has 0 atom stereocenters. The number of benzene rings is 1. The summed E-state index contributed by atoms with van der Waals surface area (Å²) in [6, 6.07) is 2.76. The van der Waals surface area contributed by atoms with Gasteiger partial charge in [0.1, 0.15) is 5.75 Å². The Hall–Kier alpha value is -1.76. The van der Waals surface area contributed by atoms with Gasteiger partial charge >= 0.3 is 12.1 Å². The van der Waals surface area contributed by atoms with E-state index in [0.29, 0.717) is 13.0 Å². The van der Waals surface area contributed by atoms with Crippen molar-refractivity contribution in [2.24, 2.45) is 0 Å². The summed E-state index contributed by atoms with van der Waals surface area (Å²) < 4.78 is 43.1. The summed E-state index contributed by atoms with van der Waals surface area (Å²) in [6.45, 7) is 1.08. The highest BCUT2D eigenvalue weighted by molar-refractivity contribution is 5.90. The number of carbonyl (C=O) groups is 1. The third-order valence-electron chi connectivity index (χ3n) is 2.55. The normalized spacial score (nSPS) is 11.7. The van der Waals surface area contributed by atoms with Crippen molar-refractivity contribution in [1.29, 1.82) is 0 Å². The number of nitrogens with zero attached hydrogens (tertiary/aromatic N) is 1. The van der Waals surface area contributed by atoms with Gasteiger partial charge in [-0.15, -0.1) is 0 Å². The van der Waals surface area contributed by atoms with Gasteiger partial charge in [0.15, 0.2) is 0 Å². The predicted molar refractivity (Wildman–Crippen MR) is 67.1 cm³/mol. The zero-order valence-electron chi connectivity index (χ0n) is 11.2. The molecule has 20 heavy (non-hydrogen) atoms. The summed E-state index contributed by atoms with van der Waals surface area (Å²) in [7, 11) is 3.78. The highest BCUT2D eigenvalue weighted by atomic mass is 19.4. The van der Waals surface area contributed by atoms with Crippen LogP contribution in [0.3, 0.4) is 0 Å². The van der Waals surface area contributed by atoms with Crippen LogP contribution in [0.4, 0.5) is 13.2 Å². The average molecular weight is 291 g/mol. The van der Waals surface area contributed by atoms with Crippen LogP contribution in [0.5, 0.6) is 5.75 Å². The highest BCUT2D eigenvalue weighted by Crippen LogP contribution is 2.33. The maximum atomic E-state index is 12.6. The van der Waals surface area contributed by atoms with Crippen LogP contribution in [0, 0.1) is 0 Å². The third kappa shape index (κ3) is 4.73. The van der Waals surface area contributed by atoms with E-state index >= 15 is 0 Å². The number of aromatic carboxylic acids is 1. The molecule has 0 aliphatic carbocycles. The number of carboxylic acids is 1. The van der Waals surface area contributed by atoms with Crippen molar-refractivity contribution in [3.63, 3.8) is 0 Å². The number of alkyl halides is 3. The minimum atomic E-state index is -4.70. The molecule has 112 valence electrons. The number of halogens is 3. The van der Waals surface area contributed by atoms with E-state index in [0.717, 1.165) is 24.7 Å². The Bertz CT molecular complexity index is 472. The van der Waals surface area contributed by atoms with Gasteiger partial charge < -0.3 is 14.7 Å². The molecule has 1 aromatic carbocycles. The van der Waals surface area contributed by atoms with Gasteiger partial charge in [-0.3, -0.25) is 0 Å². The second-order valence-electron chi connectivity index (χ2n) is 4.52. The van der Waals surface area contributed by atoms with Crippen LogP contribution >= 0.6 is 0 Å². The molecule has 4 nitrogen and oxygen atoms in total. The van der Waals surface area contributed by atoms with Gasteiger partial charge in [-0.05, 0) is 38.7 Å². The molecule has 1 N–H and O–H groups in total. The van der Waals surface area contributed by atoms with Gasteiger partial charge in [0.05, 0.1) is 17.7 Å². The molecule has 1 aromatic rings. The maximum Gasteiger partial charge on any atom is 0.417 e. The standard InChI is InChI=1S/C13H16F3NO3/c1-17(2)6-3-7-20-9-4-5-11(13(14,15)16)10(8-9)12(18)19/h4-5,8H,3,6-7H2,1-2H3,(H,18,19). The molecule has 0 radical (unpaired) electrons. The third-order valence-corrected chi connectivity index (χ3v) is 2.55. The molecule has 0 spiro atoms. The molecular formula is C13H16F3NO3. The second-order valence-corrected chi connectivity index (χ2v) is 4.52. The summed E-state index contributed by atoms with van der Waals surface area (Å²) in [6.07, 6.45) is -4.01. The zero-order chi connectivity index (χ0) is 15.3. The fourth-order valence-corrected chi connectivity index (χ4v) is 1.61. The Labute approximate surface area is 114 Å². The summed E-state index contributed by atoms with van der Waals surface area (Å²) >= 11 is 0. The minimum Gasteiger partial charge on any atom is -0.494 e. The molecule has 0 aliphatic heterocycles. The van der Waals surface area contributed by atoms with E-state index in [-0.39, 0.29) is 5.75 Å². The van der Waals surface area contributed by atoms with Crippen LogP contribution in [0.2, 0.25) is 0 Å². The predicted octanol–water partition coefficient (Wildman–Crippen LogP) is 2.73. The van der Waals surface area contributed by atoms with Crippen molar-refractivity contribution in [2.45, 2.75) is 12.6 Å². The van der Waals surface area contributed by atoms with Crippen LogP contribution in [-0.4, -0.2) is 43.2 Å². The van der Waals surface area contributed by atoms with E-state index in [1.807, 2.05) is 19.0 Å². The van der Waals surface area contributed by atoms with Gasteiger partial charge in [-0.2, -0.15) is 13.2 Å². The Morgan fingerprint density at radius 3 is 2.50 bits per heavy atom. The van der Waals surface area contributed by atoms with E-state index in [9.17, 15) is 18.0 Å². The van der Waals surface area contributed by atoms with E-state index < -0.39 is 23.3 Å². The van der Waals surface area contributed by atoms with Crippen LogP contribution < -0.4 is 4.74 Å². The summed E-state index contributed by atoms with van der Waals surface area (Å²) in [5.74, 6) is -1.51. The Morgan fingerprint density at radius 1 is 1.35 bits per heavy atom. The van der Waals surface area contributed by atoms with Crippen LogP contribution in [-0.2, 0) is 6.18 Å². The minimum absolute atomic E-state index is 0.120. The van der Waals surface area contributed by atoms with Crippen molar-refractivity contribution in [1.82, 2.24) is 4.90 Å². The lowest BCUT2D eigenvalue weighted by molar-refractivity contribution is -0.138. The fraction of sp³-hybridized carbons (Fsp3) is 0.462. The van der Waals surface area contributed by atoms with Crippen molar-refractivity contribution >= 4 is 5.97 Å². The molecule has 7 heteroatoms. The molecule has 0 fully saturated rings. The Balaban J connectivity index is 2.81. The van der Waals surface area contributed by atoms with Gasteiger partial charge in [0.25, 0.3) is 0 Å². The molecule has 0 unspecified atom stereocenters. The molecular weight excluding hydrogens is 275 g/mol. The van der Waals surface area contributed by atoms with Gasteiger partial charge in [0, 0.05) is 6.54 Å². The monoisotopic (exact) mass is 291 g/mol. The lowest BCUT2D eigenvalue weighted by Crippen LogP contribution is -2.16. The highest BCUT2D eigenvalue weighted by Gasteiger charge is 2.35. The maximum absolute atomic E-state index is 12.6. The van der Waals surface area contributed by atoms with Crippen molar-refractivity contribution in [2.75, 3.05) is 27.2 Å². The van der Waals surface area contributed by atoms with Crippen molar-refractivity contribution < 1.29 is 27.8 Å². The van der Waals surface area contributed by atoms with Gasteiger partial charge in [-0.1, -0.05) is 0 Å². The summed E-state index contributed by atoms with van der Waals surface area (Å²) in [4.78, 5) is 12.8. The molecule has 0 amide bonds. The number of rotatable bonds is 6. The molecule has 0 heterocycles. The molecule has 0 saturated heterocycles. The largest absolute Gasteiger partial charge is 0.494 e. The van der Waals surface area contributed by atoms with Crippen molar-refractivity contribution in [3.8, 4) is 5.75 Å². The first-order valence-electron chi connectivity index (χ1n) is 5.94. The van der Waals surface area contributed by atoms with Crippen LogP contribution in [0.15, 0.2) is 18.2 Å². The van der Waals surface area contributed by atoms with Crippen LogP contribution in [0.25, 0.3) is 0 Å². The summed E-state index contributed by atoms with van der Waals surface area (Å²) in [5.41, 5.74) is -1.98. The molecule has 0 aliphatic rings. The van der Waals surface area contributed by atoms with E-state index in [1.165, 1.54) is 0 Å². The Morgan fingerprint density at radius 2 is 2.00 bits per heavy atom. The number of hydrogen-bond acceptors (Lipinski definition) is 3. The van der Waals surface area contributed by atoms with Gasteiger partial charge in [0.2, 0.25) is 0 Å². The van der Waals surface area contributed by atoms with E-state index in [1.54, 1.807) is 0 Å². The average Bonchev–Trinajstić information content (AvgIpc) is 2.33. The van der Waals surface area contributed by atoms with Crippen LogP contribution in [0.1, 0.15) is 22.3 Å². The number of carboxylic acid groups (broad SMARTS) is 1. The lowest BCUT2D eigenvalue weighted by Gasteiger charge is -2.13. The number of hydrogen-bond donors (Lipinski definition) is 1. The lowest BCUT2D eigenvalue weighted by atomic mass is 10.1. The summed E-state index contributed by atoms with van der Waals surface area (Å²) in [5, 5.41) is 8.84. The van der Waals surface area contributed by atoms with E-state index in [4.69, 9.17) is 9.84 Å². The molecule has 0 aromatic heterocycles. The molecule has 0 bridgehead atoms. The van der Waals surface area contributed by atoms with Gasteiger partial charge in [-0.25, -0.2) is 4.79 Å². The fourth-order valence-electron chi connectivity index (χ4n) is 1.61. The smallest absolute Gasteiger partial charge is 0.417 e. The zero-order valence-corrected chi connectivity index (χ0v) is 11.2. The topological polar surface area (TPSA) is 49.8 Å². The second kappa shape index (κ2) is 6.60. The van der Waals surface area contributed by atoms with E-state index in [2.05, 4.69) is 0 Å². The first-order valence-corrected chi connectivity index (χ1v) is 5.94. The molecule has 1 rings (SSSR count). The SMILES string of the molecule is CN(C)CCCOc1ccc(C(F)(F)F)c(C(=O)O)c1. The first kappa shape index (κ1) is 16.3. The first-order chi connectivity index (χ1) is 9.21. The molecule has 0 saturated carbocycles. The van der Waals surface area contributed by atoms with Crippen molar-refractivity contribution in [3.05, 3.63) is 29.3 Å². The Kier molecular flexibility index (Phi) is 5.38.